The number of ether oxygens (including phenoxy) is 3. The average Bonchev–Trinajstić information content (AvgIpc) is 2.53. The molecule has 0 aromatic carbocycles. The Kier molecular flexibility index (Phi) is 14.5. The van der Waals surface area contributed by atoms with Crippen LogP contribution >= 0.6 is 0 Å². The van der Waals surface area contributed by atoms with E-state index in [1.54, 1.807) is 0 Å². The molecule has 0 bridgehead atoms. The molecule has 9 heteroatoms. The van der Waals surface area contributed by atoms with Crippen molar-refractivity contribution in [2.45, 2.75) is 91.4 Å². The molecule has 0 heterocycles. The molecule has 0 saturated heterocycles. The molecule has 0 aromatic rings. The zero-order chi connectivity index (χ0) is 24.3. The number of hydrogen-bond acceptors (Lipinski definition) is 5. The maximum atomic E-state index is 5.79. The Morgan fingerprint density at radius 2 is 0.613 bits per heavy atom. The van der Waals surface area contributed by atoms with Crippen LogP contribution in [-0.2, 0) is 14.2 Å². The summed E-state index contributed by atoms with van der Waals surface area (Å²) in [5, 5.41) is 0. The standard InChI is InChI=1S/C22H56N2O3Si4/c1-28(2,3)23(29(4,5)6)15-13-17-25-19-21-27-22-20-26-18-14-16-24(30(7,8)9)31(10,11)12/h13-22H2,1-12H3. The van der Waals surface area contributed by atoms with Crippen molar-refractivity contribution in [3.8, 4) is 0 Å². The van der Waals surface area contributed by atoms with Gasteiger partial charge < -0.3 is 22.7 Å². The Morgan fingerprint density at radius 1 is 0.387 bits per heavy atom. The Bertz CT molecular complexity index is 399. The molecule has 0 aromatic heterocycles. The van der Waals surface area contributed by atoms with Crippen molar-refractivity contribution in [2.75, 3.05) is 52.7 Å². The summed E-state index contributed by atoms with van der Waals surface area (Å²) in [6.45, 7) is 36.2. The number of nitrogens with zero attached hydrogens (tertiary/aromatic N) is 2. The first-order chi connectivity index (χ1) is 14.0. The summed E-state index contributed by atoms with van der Waals surface area (Å²) in [6.07, 6.45) is 2.23. The third kappa shape index (κ3) is 15.2. The van der Waals surface area contributed by atoms with Crippen molar-refractivity contribution in [3.05, 3.63) is 0 Å². The van der Waals surface area contributed by atoms with Crippen molar-refractivity contribution >= 4 is 32.9 Å². The van der Waals surface area contributed by atoms with Crippen LogP contribution in [0.5, 0.6) is 0 Å². The van der Waals surface area contributed by atoms with E-state index in [9.17, 15) is 0 Å². The summed E-state index contributed by atoms with van der Waals surface area (Å²) in [7, 11) is -4.98. The van der Waals surface area contributed by atoms with Crippen LogP contribution in [0.25, 0.3) is 0 Å². The van der Waals surface area contributed by atoms with Crippen LogP contribution in [0.3, 0.4) is 0 Å². The van der Waals surface area contributed by atoms with Gasteiger partial charge in [-0.05, 0) is 25.9 Å². The van der Waals surface area contributed by atoms with Gasteiger partial charge in [-0.15, -0.1) is 0 Å². The SMILES string of the molecule is C[Si](C)(C)N(CCCOCCOCCOCCCN([Si](C)(C)C)[Si](C)(C)C)[Si](C)(C)C. The van der Waals surface area contributed by atoms with E-state index < -0.39 is 32.9 Å². The van der Waals surface area contributed by atoms with Crippen molar-refractivity contribution < 1.29 is 14.2 Å². The summed E-state index contributed by atoms with van der Waals surface area (Å²) in [6, 6.07) is 0. The predicted octanol–water partition coefficient (Wildman–Crippen LogP) is 5.76. The normalized spacial score (nSPS) is 14.1. The second-order valence-corrected chi connectivity index (χ2v) is 33.0. The van der Waals surface area contributed by atoms with E-state index in [2.05, 4.69) is 87.0 Å². The predicted molar refractivity (Wildman–Crippen MR) is 148 cm³/mol. The second kappa shape index (κ2) is 14.2. The summed E-state index contributed by atoms with van der Waals surface area (Å²) >= 11 is 0. The maximum absolute atomic E-state index is 5.79. The third-order valence-corrected chi connectivity index (χ3v) is 20.7. The lowest BCUT2D eigenvalue weighted by atomic mass is 10.5. The van der Waals surface area contributed by atoms with Crippen LogP contribution in [0.4, 0.5) is 0 Å². The van der Waals surface area contributed by atoms with Gasteiger partial charge in [0.2, 0.25) is 0 Å². The molecule has 0 rings (SSSR count). The molecular weight excluding hydrogens is 453 g/mol. The number of hydrogen-bond donors (Lipinski definition) is 0. The minimum Gasteiger partial charge on any atom is -0.379 e. The highest BCUT2D eigenvalue weighted by atomic mass is 28.4. The Labute approximate surface area is 199 Å². The fraction of sp³-hybridized carbons (Fsp3) is 1.00. The van der Waals surface area contributed by atoms with Crippen LogP contribution in [-0.4, -0.2) is 94.1 Å². The maximum Gasteiger partial charge on any atom is 0.112 e. The van der Waals surface area contributed by atoms with Gasteiger partial charge in [-0.2, -0.15) is 0 Å². The molecule has 0 aliphatic rings. The quantitative estimate of drug-likeness (QED) is 0.174. The highest BCUT2D eigenvalue weighted by Crippen LogP contribution is 2.20. The molecule has 0 saturated carbocycles. The molecule has 0 amide bonds. The van der Waals surface area contributed by atoms with Gasteiger partial charge in [0.15, 0.2) is 0 Å². The molecular formula is C22H56N2O3Si4. The first-order valence-corrected chi connectivity index (χ1v) is 26.0. The fourth-order valence-electron chi connectivity index (χ4n) is 4.55. The Hall–Kier alpha value is 0.668. The molecule has 0 atom stereocenters. The van der Waals surface area contributed by atoms with Gasteiger partial charge >= 0.3 is 0 Å². The molecule has 0 radical (unpaired) electrons. The van der Waals surface area contributed by atoms with Crippen molar-refractivity contribution in [3.63, 3.8) is 0 Å². The Morgan fingerprint density at radius 3 is 0.839 bits per heavy atom. The van der Waals surface area contributed by atoms with Gasteiger partial charge in [-0.25, -0.2) is 0 Å². The highest BCUT2D eigenvalue weighted by molar-refractivity contribution is 6.90. The third-order valence-electron chi connectivity index (χ3n) is 5.32. The summed E-state index contributed by atoms with van der Waals surface area (Å²) < 4.78 is 22.9. The van der Waals surface area contributed by atoms with Crippen LogP contribution in [0, 0.1) is 0 Å². The minimum absolute atomic E-state index is 0.661. The molecule has 0 spiro atoms. The van der Waals surface area contributed by atoms with Crippen LogP contribution in [0.15, 0.2) is 0 Å². The van der Waals surface area contributed by atoms with E-state index in [1.807, 2.05) is 0 Å². The van der Waals surface area contributed by atoms with Gasteiger partial charge in [0.05, 0.1) is 26.4 Å². The smallest absolute Gasteiger partial charge is 0.112 e. The van der Waals surface area contributed by atoms with Gasteiger partial charge in [0.1, 0.15) is 32.9 Å². The van der Waals surface area contributed by atoms with Crippen LogP contribution < -0.4 is 0 Å². The topological polar surface area (TPSA) is 34.2 Å². The lowest BCUT2D eigenvalue weighted by molar-refractivity contribution is 0.0134. The van der Waals surface area contributed by atoms with Gasteiger partial charge in [-0.3, -0.25) is 0 Å². The molecule has 0 unspecified atom stereocenters. The minimum atomic E-state index is -1.25. The first-order valence-electron chi connectivity index (χ1n) is 12.3. The summed E-state index contributed by atoms with van der Waals surface area (Å²) in [5.74, 6) is 0. The van der Waals surface area contributed by atoms with E-state index in [1.165, 1.54) is 13.1 Å². The summed E-state index contributed by atoms with van der Waals surface area (Å²) in [5.41, 5.74) is 0. The lowest BCUT2D eigenvalue weighted by Crippen LogP contribution is -2.59. The zero-order valence-electron chi connectivity index (χ0n) is 23.2. The van der Waals surface area contributed by atoms with Crippen LogP contribution in [0.2, 0.25) is 78.6 Å². The van der Waals surface area contributed by atoms with E-state index in [-0.39, 0.29) is 0 Å². The highest BCUT2D eigenvalue weighted by Gasteiger charge is 2.34. The monoisotopic (exact) mass is 508 g/mol. The van der Waals surface area contributed by atoms with Gasteiger partial charge in [0, 0.05) is 13.2 Å². The molecule has 0 N–H and O–H groups in total. The molecule has 0 aliphatic heterocycles. The second-order valence-electron chi connectivity index (χ2n) is 12.5. The van der Waals surface area contributed by atoms with Gasteiger partial charge in [0.25, 0.3) is 0 Å². The van der Waals surface area contributed by atoms with Gasteiger partial charge in [-0.1, -0.05) is 78.6 Å². The zero-order valence-corrected chi connectivity index (χ0v) is 27.2. The molecule has 0 aliphatic carbocycles. The lowest BCUT2D eigenvalue weighted by Gasteiger charge is -2.43. The van der Waals surface area contributed by atoms with Crippen molar-refractivity contribution in [1.82, 2.24) is 8.46 Å². The summed E-state index contributed by atoms with van der Waals surface area (Å²) in [4.78, 5) is 0. The molecule has 5 nitrogen and oxygen atoms in total. The van der Waals surface area contributed by atoms with E-state index in [4.69, 9.17) is 14.2 Å². The fourth-order valence-corrected chi connectivity index (χ4v) is 24.0. The average molecular weight is 509 g/mol. The van der Waals surface area contributed by atoms with Crippen LogP contribution in [0.1, 0.15) is 12.8 Å². The molecule has 31 heavy (non-hydrogen) atoms. The Balaban J connectivity index is 3.73. The van der Waals surface area contributed by atoms with E-state index >= 15 is 0 Å². The molecule has 0 fully saturated rings. The first kappa shape index (κ1) is 31.7. The number of rotatable bonds is 18. The van der Waals surface area contributed by atoms with E-state index in [0.717, 1.165) is 26.1 Å². The van der Waals surface area contributed by atoms with E-state index in [0.29, 0.717) is 26.4 Å². The molecule has 188 valence electrons. The van der Waals surface area contributed by atoms with Crippen molar-refractivity contribution in [1.29, 1.82) is 0 Å². The largest absolute Gasteiger partial charge is 0.379 e. The van der Waals surface area contributed by atoms with Crippen molar-refractivity contribution in [2.24, 2.45) is 0 Å².